The summed E-state index contributed by atoms with van der Waals surface area (Å²) in [5.41, 5.74) is 2.58. The van der Waals surface area contributed by atoms with Gasteiger partial charge in [-0.2, -0.15) is 5.26 Å². The molecule has 0 amide bonds. The maximum atomic E-state index is 8.79. The maximum absolute atomic E-state index is 8.79. The number of ether oxygens (including phenoxy) is 2. The second-order valence-corrected chi connectivity index (χ2v) is 3.73. The van der Waals surface area contributed by atoms with Crippen molar-refractivity contribution in [3.63, 3.8) is 0 Å². The summed E-state index contributed by atoms with van der Waals surface area (Å²) in [6, 6.07) is 15.2. The van der Waals surface area contributed by atoms with Crippen molar-refractivity contribution in [2.75, 3.05) is 14.2 Å². The Morgan fingerprint density at radius 2 is 1.67 bits per heavy atom. The third-order valence-corrected chi connectivity index (χ3v) is 2.73. The highest BCUT2D eigenvalue weighted by Crippen LogP contribution is 2.37. The topological polar surface area (TPSA) is 42.2 Å². The predicted molar refractivity (Wildman–Crippen MR) is 69.7 cm³/mol. The van der Waals surface area contributed by atoms with Gasteiger partial charge in [-0.05, 0) is 23.8 Å². The van der Waals surface area contributed by atoms with Gasteiger partial charge in [-0.3, -0.25) is 0 Å². The van der Waals surface area contributed by atoms with Crippen LogP contribution in [0.1, 0.15) is 5.56 Å². The Morgan fingerprint density at radius 1 is 0.944 bits per heavy atom. The van der Waals surface area contributed by atoms with E-state index in [4.69, 9.17) is 14.7 Å². The minimum Gasteiger partial charge on any atom is -0.493 e. The molecule has 3 heteroatoms. The van der Waals surface area contributed by atoms with Gasteiger partial charge in [0.25, 0.3) is 0 Å². The normalized spacial score (nSPS) is 9.61. The predicted octanol–water partition coefficient (Wildman–Crippen LogP) is 3.24. The van der Waals surface area contributed by atoms with Gasteiger partial charge in [0, 0.05) is 5.56 Å². The Kier molecular flexibility index (Phi) is 3.49. The summed E-state index contributed by atoms with van der Waals surface area (Å²) in [6.45, 7) is 0. The van der Waals surface area contributed by atoms with Gasteiger partial charge in [0.05, 0.1) is 25.9 Å². The molecule has 2 aromatic rings. The average Bonchev–Trinajstić information content (AvgIpc) is 2.46. The van der Waals surface area contributed by atoms with Crippen molar-refractivity contribution >= 4 is 0 Å². The first kappa shape index (κ1) is 12.0. The molecule has 0 atom stereocenters. The molecule has 0 aliphatic carbocycles. The number of rotatable bonds is 3. The first-order valence-corrected chi connectivity index (χ1v) is 5.51. The van der Waals surface area contributed by atoms with E-state index in [0.717, 1.165) is 11.1 Å². The number of benzene rings is 2. The molecular weight excluding hydrogens is 226 g/mol. The molecule has 0 heterocycles. The van der Waals surface area contributed by atoms with Crippen molar-refractivity contribution in [2.24, 2.45) is 0 Å². The zero-order valence-corrected chi connectivity index (χ0v) is 10.3. The number of nitriles is 1. The molecule has 18 heavy (non-hydrogen) atoms. The van der Waals surface area contributed by atoms with Crippen LogP contribution in [0.4, 0.5) is 0 Å². The highest BCUT2D eigenvalue weighted by Gasteiger charge is 2.10. The summed E-state index contributed by atoms with van der Waals surface area (Å²) >= 11 is 0. The molecular formula is C15H13NO2. The lowest BCUT2D eigenvalue weighted by molar-refractivity contribution is 0.356. The van der Waals surface area contributed by atoms with Crippen LogP contribution in [0.3, 0.4) is 0 Å². The second kappa shape index (κ2) is 5.24. The van der Waals surface area contributed by atoms with Crippen molar-refractivity contribution in [1.29, 1.82) is 5.26 Å². The van der Waals surface area contributed by atoms with Crippen molar-refractivity contribution < 1.29 is 9.47 Å². The van der Waals surface area contributed by atoms with Gasteiger partial charge < -0.3 is 9.47 Å². The maximum Gasteiger partial charge on any atom is 0.168 e. The largest absolute Gasteiger partial charge is 0.493 e. The zero-order chi connectivity index (χ0) is 13.0. The Bertz CT molecular complexity index is 582. The van der Waals surface area contributed by atoms with Crippen molar-refractivity contribution in [3.05, 3.63) is 48.0 Å². The van der Waals surface area contributed by atoms with Crippen LogP contribution >= 0.6 is 0 Å². The van der Waals surface area contributed by atoms with Crippen LogP contribution in [-0.4, -0.2) is 14.2 Å². The Labute approximate surface area is 106 Å². The Morgan fingerprint density at radius 3 is 2.22 bits per heavy atom. The number of para-hydroxylation sites is 1. The van der Waals surface area contributed by atoms with Crippen LogP contribution in [0, 0.1) is 11.3 Å². The van der Waals surface area contributed by atoms with Gasteiger partial charge in [0.1, 0.15) is 0 Å². The van der Waals surface area contributed by atoms with Crippen molar-refractivity contribution in [2.45, 2.75) is 0 Å². The molecule has 0 fully saturated rings. The van der Waals surface area contributed by atoms with E-state index in [9.17, 15) is 0 Å². The smallest absolute Gasteiger partial charge is 0.168 e. The third-order valence-electron chi connectivity index (χ3n) is 2.73. The summed E-state index contributed by atoms with van der Waals surface area (Å²) in [6.07, 6.45) is 0. The second-order valence-electron chi connectivity index (χ2n) is 3.73. The van der Waals surface area contributed by atoms with E-state index < -0.39 is 0 Å². The molecule has 0 saturated carbocycles. The van der Waals surface area contributed by atoms with Crippen LogP contribution in [0.2, 0.25) is 0 Å². The van der Waals surface area contributed by atoms with E-state index in [-0.39, 0.29) is 0 Å². The fraction of sp³-hybridized carbons (Fsp3) is 0.133. The van der Waals surface area contributed by atoms with Crippen LogP contribution in [0.25, 0.3) is 11.1 Å². The summed E-state index contributed by atoms with van der Waals surface area (Å²) in [4.78, 5) is 0. The molecule has 90 valence electrons. The fourth-order valence-corrected chi connectivity index (χ4v) is 1.84. The molecule has 0 N–H and O–H groups in total. The lowest BCUT2D eigenvalue weighted by Crippen LogP contribution is -1.93. The lowest BCUT2D eigenvalue weighted by Gasteiger charge is -2.12. The first-order valence-electron chi connectivity index (χ1n) is 5.51. The number of methoxy groups -OCH3 is 2. The first-order chi connectivity index (χ1) is 8.80. The highest BCUT2D eigenvalue weighted by molar-refractivity contribution is 5.74. The molecule has 0 unspecified atom stereocenters. The zero-order valence-electron chi connectivity index (χ0n) is 10.3. The van der Waals surface area contributed by atoms with Crippen molar-refractivity contribution in [3.8, 4) is 28.7 Å². The van der Waals surface area contributed by atoms with Crippen LogP contribution in [0.5, 0.6) is 11.5 Å². The van der Waals surface area contributed by atoms with E-state index in [1.165, 1.54) is 0 Å². The van der Waals surface area contributed by atoms with Gasteiger partial charge in [0.15, 0.2) is 11.5 Å². The molecule has 0 radical (unpaired) electrons. The van der Waals surface area contributed by atoms with Gasteiger partial charge in [0.2, 0.25) is 0 Å². The van der Waals surface area contributed by atoms with Crippen molar-refractivity contribution in [1.82, 2.24) is 0 Å². The van der Waals surface area contributed by atoms with E-state index in [1.807, 2.05) is 30.3 Å². The molecule has 0 aliphatic heterocycles. The molecule has 2 rings (SSSR count). The third kappa shape index (κ3) is 2.14. The summed E-state index contributed by atoms with van der Waals surface area (Å²) in [7, 11) is 3.23. The average molecular weight is 239 g/mol. The molecule has 0 aliphatic rings. The van der Waals surface area contributed by atoms with Crippen LogP contribution in [0.15, 0.2) is 42.5 Å². The molecule has 0 bridgehead atoms. The van der Waals surface area contributed by atoms with E-state index in [1.54, 1.807) is 26.4 Å². The van der Waals surface area contributed by atoms with Gasteiger partial charge in [-0.1, -0.05) is 24.3 Å². The Balaban J connectivity index is 2.53. The highest BCUT2D eigenvalue weighted by atomic mass is 16.5. The molecule has 0 spiro atoms. The number of nitrogens with zero attached hydrogens (tertiary/aromatic N) is 1. The number of hydrogen-bond donors (Lipinski definition) is 0. The standard InChI is InChI=1S/C15H13NO2/c1-17-14-5-3-4-13(15(14)18-2)12-8-6-11(10-16)7-9-12/h3-9H,1-2H3. The van der Waals surface area contributed by atoms with Gasteiger partial charge >= 0.3 is 0 Å². The van der Waals surface area contributed by atoms with E-state index >= 15 is 0 Å². The summed E-state index contributed by atoms with van der Waals surface area (Å²) < 4.78 is 10.7. The van der Waals surface area contributed by atoms with Crippen LogP contribution in [-0.2, 0) is 0 Å². The lowest BCUT2D eigenvalue weighted by atomic mass is 10.0. The molecule has 0 aromatic heterocycles. The van der Waals surface area contributed by atoms with Crippen LogP contribution < -0.4 is 9.47 Å². The summed E-state index contributed by atoms with van der Waals surface area (Å²) in [5, 5.41) is 8.79. The van der Waals surface area contributed by atoms with Gasteiger partial charge in [-0.15, -0.1) is 0 Å². The minimum absolute atomic E-state index is 0.639. The van der Waals surface area contributed by atoms with E-state index in [2.05, 4.69) is 6.07 Å². The number of hydrogen-bond acceptors (Lipinski definition) is 3. The SMILES string of the molecule is COc1cccc(-c2ccc(C#N)cc2)c1OC. The monoisotopic (exact) mass is 239 g/mol. The Hall–Kier alpha value is -2.47. The summed E-state index contributed by atoms with van der Waals surface area (Å²) in [5.74, 6) is 1.39. The fourth-order valence-electron chi connectivity index (χ4n) is 1.84. The minimum atomic E-state index is 0.639. The molecule has 2 aromatic carbocycles. The molecule has 0 saturated heterocycles. The van der Waals surface area contributed by atoms with Gasteiger partial charge in [-0.25, -0.2) is 0 Å². The quantitative estimate of drug-likeness (QED) is 0.825. The molecule has 3 nitrogen and oxygen atoms in total. The van der Waals surface area contributed by atoms with E-state index in [0.29, 0.717) is 17.1 Å².